The second-order valence-corrected chi connectivity index (χ2v) is 10.8. The van der Waals surface area contributed by atoms with E-state index in [0.29, 0.717) is 0 Å². The Bertz CT molecular complexity index is 366. The zero-order chi connectivity index (χ0) is 12.4. The van der Waals surface area contributed by atoms with Crippen molar-refractivity contribution in [1.82, 2.24) is 0 Å². The predicted molar refractivity (Wildman–Crippen MR) is 78.8 cm³/mol. The monoisotopic (exact) mass is 266 g/mol. The summed E-state index contributed by atoms with van der Waals surface area (Å²) in [5.41, 5.74) is 1.20. The van der Waals surface area contributed by atoms with Crippen molar-refractivity contribution in [3.8, 4) is 0 Å². The molecule has 0 bridgehead atoms. The lowest BCUT2D eigenvalue weighted by Gasteiger charge is -2.43. The number of thiol groups is 1. The molecule has 94 valence electrons. The highest BCUT2D eigenvalue weighted by molar-refractivity contribution is 8.13. The van der Waals surface area contributed by atoms with Gasteiger partial charge in [0.2, 0.25) is 0 Å². The molecule has 2 rings (SSSR count). The number of rotatable bonds is 3. The maximum Gasteiger partial charge on any atom is 0.252 e. The van der Waals surface area contributed by atoms with Gasteiger partial charge in [-0.05, 0) is 37.4 Å². The van der Waals surface area contributed by atoms with Crippen LogP contribution in [0.5, 0.6) is 0 Å². The molecule has 0 saturated carbocycles. The minimum absolute atomic E-state index is 0.108. The molecule has 1 heterocycles. The predicted octanol–water partition coefficient (Wildman–Crippen LogP) is 4.49. The van der Waals surface area contributed by atoms with E-state index in [0.717, 1.165) is 6.42 Å². The molecule has 3 heteroatoms. The van der Waals surface area contributed by atoms with Gasteiger partial charge in [-0.3, -0.25) is 0 Å². The molecule has 17 heavy (non-hydrogen) atoms. The van der Waals surface area contributed by atoms with E-state index < -0.39 is 7.47 Å². The molecule has 1 fully saturated rings. The molecule has 0 aromatic heterocycles. The largest absolute Gasteiger partial charge is 0.398 e. The summed E-state index contributed by atoms with van der Waals surface area (Å²) in [6.07, 6.45) is 3.55. The van der Waals surface area contributed by atoms with Crippen LogP contribution in [0.2, 0.25) is 12.1 Å². The van der Waals surface area contributed by atoms with E-state index in [1.54, 1.807) is 0 Å². The highest BCUT2D eigenvalue weighted by atomic mass is 32.3. The van der Waals surface area contributed by atoms with E-state index in [4.69, 9.17) is 16.5 Å². The Hall–Kier alpha value is -0.253. The SMILES string of the molecule is CCC[Si]1(S)CCCC(C)(c2ccccc2)O1. The molecule has 2 atom stereocenters. The van der Waals surface area contributed by atoms with Gasteiger partial charge in [-0.1, -0.05) is 43.7 Å². The molecule has 1 aromatic carbocycles. The minimum Gasteiger partial charge on any atom is -0.398 e. The van der Waals surface area contributed by atoms with Crippen LogP contribution in [0.25, 0.3) is 0 Å². The Labute approximate surface area is 111 Å². The van der Waals surface area contributed by atoms with Crippen LogP contribution in [0, 0.1) is 0 Å². The zero-order valence-electron chi connectivity index (χ0n) is 10.8. The molecular weight excluding hydrogens is 244 g/mol. The van der Waals surface area contributed by atoms with E-state index in [2.05, 4.69) is 44.2 Å². The maximum absolute atomic E-state index is 6.49. The van der Waals surface area contributed by atoms with Gasteiger partial charge in [0.25, 0.3) is 7.47 Å². The summed E-state index contributed by atoms with van der Waals surface area (Å²) >= 11 is 4.91. The summed E-state index contributed by atoms with van der Waals surface area (Å²) in [4.78, 5) is 0. The third-order valence-electron chi connectivity index (χ3n) is 3.66. The first-order valence-corrected chi connectivity index (χ1v) is 10.2. The van der Waals surface area contributed by atoms with Crippen LogP contribution in [0.1, 0.15) is 38.7 Å². The maximum atomic E-state index is 6.49. The third-order valence-corrected chi connectivity index (χ3v) is 8.52. The molecular formula is C14H22OSSi. The van der Waals surface area contributed by atoms with Crippen molar-refractivity contribution in [3.63, 3.8) is 0 Å². The first kappa shape index (κ1) is 13.2. The van der Waals surface area contributed by atoms with E-state index in [-0.39, 0.29) is 5.60 Å². The summed E-state index contributed by atoms with van der Waals surface area (Å²) in [5, 5.41) is 0. The summed E-state index contributed by atoms with van der Waals surface area (Å²) in [7, 11) is -1.76. The fraction of sp³-hybridized carbons (Fsp3) is 0.571. The van der Waals surface area contributed by atoms with Crippen LogP contribution >= 0.6 is 12.1 Å². The summed E-state index contributed by atoms with van der Waals surface area (Å²) in [6, 6.07) is 13.0. The van der Waals surface area contributed by atoms with Gasteiger partial charge in [0.15, 0.2) is 0 Å². The third kappa shape index (κ3) is 2.95. The van der Waals surface area contributed by atoms with Crippen molar-refractivity contribution >= 4 is 19.5 Å². The minimum atomic E-state index is -1.76. The van der Waals surface area contributed by atoms with Gasteiger partial charge in [0, 0.05) is 0 Å². The van der Waals surface area contributed by atoms with E-state index in [9.17, 15) is 0 Å². The van der Waals surface area contributed by atoms with Crippen LogP contribution in [0.4, 0.5) is 0 Å². The van der Waals surface area contributed by atoms with Crippen LogP contribution in [-0.2, 0) is 10.0 Å². The average molecular weight is 266 g/mol. The first-order chi connectivity index (χ1) is 8.08. The quantitative estimate of drug-likeness (QED) is 0.626. The Morgan fingerprint density at radius 1 is 1.35 bits per heavy atom. The fourth-order valence-corrected chi connectivity index (χ4v) is 7.56. The summed E-state index contributed by atoms with van der Waals surface area (Å²) < 4.78 is 6.49. The number of hydrogen-bond acceptors (Lipinski definition) is 2. The van der Waals surface area contributed by atoms with Crippen molar-refractivity contribution < 1.29 is 4.43 Å². The molecule has 0 radical (unpaired) electrons. The molecule has 2 unspecified atom stereocenters. The molecule has 0 spiro atoms. The highest BCUT2D eigenvalue weighted by Gasteiger charge is 2.43. The fourth-order valence-electron chi connectivity index (χ4n) is 2.78. The Morgan fingerprint density at radius 3 is 2.71 bits per heavy atom. The molecule has 1 aromatic rings. The highest BCUT2D eigenvalue weighted by Crippen LogP contribution is 2.43. The molecule has 1 aliphatic rings. The average Bonchev–Trinajstić information content (AvgIpc) is 2.30. The van der Waals surface area contributed by atoms with Crippen molar-refractivity contribution in [2.45, 2.75) is 50.8 Å². The van der Waals surface area contributed by atoms with Crippen LogP contribution in [-0.4, -0.2) is 7.47 Å². The van der Waals surface area contributed by atoms with Gasteiger partial charge in [-0.2, -0.15) is 12.1 Å². The summed E-state index contributed by atoms with van der Waals surface area (Å²) in [6.45, 7) is 4.46. The Morgan fingerprint density at radius 2 is 2.06 bits per heavy atom. The van der Waals surface area contributed by atoms with E-state index in [1.165, 1.54) is 30.5 Å². The van der Waals surface area contributed by atoms with Crippen molar-refractivity contribution in [2.75, 3.05) is 0 Å². The second kappa shape index (κ2) is 5.17. The van der Waals surface area contributed by atoms with Gasteiger partial charge in [0.05, 0.1) is 5.60 Å². The van der Waals surface area contributed by atoms with Crippen molar-refractivity contribution in [3.05, 3.63) is 35.9 Å². The molecule has 0 amide bonds. The molecule has 0 aliphatic carbocycles. The molecule has 1 nitrogen and oxygen atoms in total. The lowest BCUT2D eigenvalue weighted by molar-refractivity contribution is 0.0541. The van der Waals surface area contributed by atoms with Gasteiger partial charge in [-0.15, -0.1) is 0 Å². The molecule has 1 aliphatic heterocycles. The zero-order valence-corrected chi connectivity index (χ0v) is 12.7. The molecule has 1 saturated heterocycles. The van der Waals surface area contributed by atoms with Gasteiger partial charge in [-0.25, -0.2) is 0 Å². The van der Waals surface area contributed by atoms with Crippen LogP contribution in [0.15, 0.2) is 30.3 Å². The van der Waals surface area contributed by atoms with Crippen molar-refractivity contribution in [2.24, 2.45) is 0 Å². The Balaban J connectivity index is 2.21. The molecule has 0 N–H and O–H groups in total. The lowest BCUT2D eigenvalue weighted by atomic mass is 9.91. The summed E-state index contributed by atoms with van der Waals surface area (Å²) in [5.74, 6) is 0. The Kier molecular flexibility index (Phi) is 4.01. The van der Waals surface area contributed by atoms with Crippen LogP contribution in [0.3, 0.4) is 0 Å². The lowest BCUT2D eigenvalue weighted by Crippen LogP contribution is -2.45. The standard InChI is InChI=1S/C14H22OSSi/c1-3-11-17(16)12-7-10-14(2,15-17)13-8-5-4-6-9-13/h4-6,8-9,16H,3,7,10-12H2,1-2H3. The first-order valence-electron chi connectivity index (χ1n) is 6.56. The smallest absolute Gasteiger partial charge is 0.252 e. The van der Waals surface area contributed by atoms with Gasteiger partial charge >= 0.3 is 0 Å². The van der Waals surface area contributed by atoms with Crippen LogP contribution < -0.4 is 0 Å². The topological polar surface area (TPSA) is 9.23 Å². The number of hydrogen-bond donors (Lipinski definition) is 1. The van der Waals surface area contributed by atoms with E-state index in [1.807, 2.05) is 0 Å². The normalized spacial score (nSPS) is 33.6. The van der Waals surface area contributed by atoms with Gasteiger partial charge in [0.1, 0.15) is 0 Å². The van der Waals surface area contributed by atoms with Gasteiger partial charge < -0.3 is 4.43 Å². The van der Waals surface area contributed by atoms with Crippen molar-refractivity contribution in [1.29, 1.82) is 0 Å². The second-order valence-electron chi connectivity index (χ2n) is 5.25. The number of benzene rings is 1. The van der Waals surface area contributed by atoms with E-state index >= 15 is 0 Å².